The lowest BCUT2D eigenvalue weighted by Crippen LogP contribution is -2.23. The molecule has 2 aromatic rings. The Morgan fingerprint density at radius 3 is 2.40 bits per heavy atom. The van der Waals surface area contributed by atoms with Gasteiger partial charge in [-0.25, -0.2) is 0 Å². The van der Waals surface area contributed by atoms with Crippen LogP contribution in [0.2, 0.25) is 0 Å². The number of rotatable bonds is 6. The van der Waals surface area contributed by atoms with Gasteiger partial charge in [0.1, 0.15) is 0 Å². The number of carbonyl (C=O) groups excluding carboxylic acids is 1. The van der Waals surface area contributed by atoms with E-state index >= 15 is 0 Å². The average molecular weight is 332 g/mol. The van der Waals surface area contributed by atoms with Crippen LogP contribution in [0.5, 0.6) is 0 Å². The summed E-state index contributed by atoms with van der Waals surface area (Å²) < 4.78 is 0. The number of halogens is 1. The number of alkyl halides is 1. The predicted molar refractivity (Wildman–Crippen MR) is 85.7 cm³/mol. The van der Waals surface area contributed by atoms with E-state index in [1.807, 2.05) is 42.5 Å². The normalized spacial score (nSPS) is 10.2. The number of aryl methyl sites for hydroxylation is 1. The smallest absolute Gasteiger partial charge is 0.220 e. The largest absolute Gasteiger partial charge is 0.352 e. The van der Waals surface area contributed by atoms with Crippen molar-refractivity contribution in [1.29, 1.82) is 0 Å². The van der Waals surface area contributed by atoms with Crippen molar-refractivity contribution in [1.82, 2.24) is 5.32 Å². The van der Waals surface area contributed by atoms with Gasteiger partial charge in [-0.3, -0.25) is 4.79 Å². The Hall–Kier alpha value is -1.61. The zero-order valence-electron chi connectivity index (χ0n) is 11.3. The molecule has 0 unspecified atom stereocenters. The third-order valence-electron chi connectivity index (χ3n) is 3.12. The molecular formula is C17H18BrNO. The summed E-state index contributed by atoms with van der Waals surface area (Å²) in [6.45, 7) is 0.592. The summed E-state index contributed by atoms with van der Waals surface area (Å²) in [6.07, 6.45) is 1.32. The number of amides is 1. The number of hydrogen-bond acceptors (Lipinski definition) is 1. The number of benzene rings is 2. The molecule has 3 heteroatoms. The molecular weight excluding hydrogens is 314 g/mol. The second kappa shape index (κ2) is 7.85. The molecule has 0 atom stereocenters. The predicted octanol–water partition coefficient (Wildman–Crippen LogP) is 3.83. The fraction of sp³-hybridized carbons (Fsp3) is 0.235. The Morgan fingerprint density at radius 1 is 0.950 bits per heavy atom. The van der Waals surface area contributed by atoms with Gasteiger partial charge in [-0.15, -0.1) is 0 Å². The Balaban J connectivity index is 1.77. The van der Waals surface area contributed by atoms with Gasteiger partial charge in [0.2, 0.25) is 5.91 Å². The van der Waals surface area contributed by atoms with Gasteiger partial charge in [-0.1, -0.05) is 70.5 Å². The van der Waals surface area contributed by atoms with Crippen LogP contribution in [0.3, 0.4) is 0 Å². The Morgan fingerprint density at radius 2 is 1.65 bits per heavy atom. The van der Waals surface area contributed by atoms with Crippen LogP contribution in [-0.4, -0.2) is 5.91 Å². The van der Waals surface area contributed by atoms with Crippen LogP contribution < -0.4 is 5.32 Å². The zero-order valence-corrected chi connectivity index (χ0v) is 12.9. The summed E-state index contributed by atoms with van der Waals surface area (Å²) >= 11 is 3.44. The Bertz CT molecular complexity index is 554. The van der Waals surface area contributed by atoms with Crippen LogP contribution in [0.15, 0.2) is 54.6 Å². The first-order valence-electron chi connectivity index (χ1n) is 6.72. The van der Waals surface area contributed by atoms with Crippen LogP contribution in [0.25, 0.3) is 0 Å². The van der Waals surface area contributed by atoms with E-state index in [-0.39, 0.29) is 5.91 Å². The summed E-state index contributed by atoms with van der Waals surface area (Å²) in [7, 11) is 0. The molecule has 1 amide bonds. The minimum Gasteiger partial charge on any atom is -0.352 e. The second-order valence-electron chi connectivity index (χ2n) is 4.72. The molecule has 0 heterocycles. The summed E-state index contributed by atoms with van der Waals surface area (Å²) in [5, 5.41) is 3.80. The lowest BCUT2D eigenvalue weighted by molar-refractivity contribution is -0.121. The molecule has 0 aliphatic carbocycles. The van der Waals surface area contributed by atoms with Crippen molar-refractivity contribution in [3.8, 4) is 0 Å². The Labute approximate surface area is 128 Å². The standard InChI is InChI=1S/C17H18BrNO/c18-12-15-7-4-8-16(11-15)13-19-17(20)10-9-14-5-2-1-3-6-14/h1-8,11H,9-10,12-13H2,(H,19,20). The van der Waals surface area contributed by atoms with E-state index in [0.29, 0.717) is 13.0 Å². The highest BCUT2D eigenvalue weighted by Crippen LogP contribution is 2.09. The van der Waals surface area contributed by atoms with Gasteiger partial charge in [0, 0.05) is 18.3 Å². The van der Waals surface area contributed by atoms with Crippen molar-refractivity contribution in [3.05, 3.63) is 71.3 Å². The van der Waals surface area contributed by atoms with E-state index in [0.717, 1.165) is 17.3 Å². The molecule has 0 spiro atoms. The zero-order chi connectivity index (χ0) is 14.2. The SMILES string of the molecule is O=C(CCc1ccccc1)NCc1cccc(CBr)c1. The highest BCUT2D eigenvalue weighted by Gasteiger charge is 2.02. The maximum absolute atomic E-state index is 11.8. The van der Waals surface area contributed by atoms with Crippen molar-refractivity contribution in [3.63, 3.8) is 0 Å². The molecule has 0 aliphatic rings. The lowest BCUT2D eigenvalue weighted by atomic mass is 10.1. The average Bonchev–Trinajstić information content (AvgIpc) is 2.52. The molecule has 0 bridgehead atoms. The topological polar surface area (TPSA) is 29.1 Å². The molecule has 2 aromatic carbocycles. The van der Waals surface area contributed by atoms with Crippen molar-refractivity contribution < 1.29 is 4.79 Å². The van der Waals surface area contributed by atoms with E-state index in [4.69, 9.17) is 0 Å². The first kappa shape index (κ1) is 14.8. The van der Waals surface area contributed by atoms with E-state index < -0.39 is 0 Å². The first-order chi connectivity index (χ1) is 9.78. The third kappa shape index (κ3) is 4.82. The molecule has 2 nitrogen and oxygen atoms in total. The van der Waals surface area contributed by atoms with Gasteiger partial charge in [-0.2, -0.15) is 0 Å². The lowest BCUT2D eigenvalue weighted by Gasteiger charge is -2.06. The van der Waals surface area contributed by atoms with Crippen molar-refractivity contribution in [2.75, 3.05) is 0 Å². The van der Waals surface area contributed by atoms with Crippen molar-refractivity contribution in [2.45, 2.75) is 24.7 Å². The molecule has 0 saturated heterocycles. The fourth-order valence-electron chi connectivity index (χ4n) is 2.01. The van der Waals surface area contributed by atoms with E-state index in [1.165, 1.54) is 11.1 Å². The summed E-state index contributed by atoms with van der Waals surface area (Å²) in [5.74, 6) is 0.0955. The molecule has 0 aromatic heterocycles. The number of hydrogen-bond donors (Lipinski definition) is 1. The maximum atomic E-state index is 11.8. The van der Waals surface area contributed by atoms with E-state index in [9.17, 15) is 4.79 Å². The van der Waals surface area contributed by atoms with Gasteiger partial charge < -0.3 is 5.32 Å². The molecule has 0 radical (unpaired) electrons. The monoisotopic (exact) mass is 331 g/mol. The minimum atomic E-state index is 0.0955. The van der Waals surface area contributed by atoms with Crippen LogP contribution in [0.1, 0.15) is 23.1 Å². The van der Waals surface area contributed by atoms with Gasteiger partial charge >= 0.3 is 0 Å². The Kier molecular flexibility index (Phi) is 5.81. The van der Waals surface area contributed by atoms with Crippen LogP contribution in [0, 0.1) is 0 Å². The molecule has 104 valence electrons. The second-order valence-corrected chi connectivity index (χ2v) is 5.28. The van der Waals surface area contributed by atoms with Crippen LogP contribution >= 0.6 is 15.9 Å². The molecule has 0 fully saturated rings. The molecule has 1 N–H and O–H groups in total. The van der Waals surface area contributed by atoms with Gasteiger partial charge in [0.15, 0.2) is 0 Å². The fourth-order valence-corrected chi connectivity index (χ4v) is 2.36. The third-order valence-corrected chi connectivity index (χ3v) is 3.77. The highest BCUT2D eigenvalue weighted by atomic mass is 79.9. The number of nitrogens with one attached hydrogen (secondary N) is 1. The molecule has 0 aliphatic heterocycles. The summed E-state index contributed by atoms with van der Waals surface area (Å²) in [4.78, 5) is 11.8. The molecule has 0 saturated carbocycles. The van der Waals surface area contributed by atoms with E-state index in [2.05, 4.69) is 33.4 Å². The highest BCUT2D eigenvalue weighted by molar-refractivity contribution is 9.08. The van der Waals surface area contributed by atoms with Gasteiger partial charge in [0.25, 0.3) is 0 Å². The van der Waals surface area contributed by atoms with Gasteiger partial charge in [0.05, 0.1) is 0 Å². The van der Waals surface area contributed by atoms with E-state index in [1.54, 1.807) is 0 Å². The number of carbonyl (C=O) groups is 1. The molecule has 20 heavy (non-hydrogen) atoms. The maximum Gasteiger partial charge on any atom is 0.220 e. The van der Waals surface area contributed by atoms with Crippen LogP contribution in [0.4, 0.5) is 0 Å². The van der Waals surface area contributed by atoms with Crippen LogP contribution in [-0.2, 0) is 23.1 Å². The van der Waals surface area contributed by atoms with Crippen molar-refractivity contribution in [2.24, 2.45) is 0 Å². The molecule has 2 rings (SSSR count). The summed E-state index contributed by atoms with van der Waals surface area (Å²) in [6, 6.07) is 18.3. The van der Waals surface area contributed by atoms with Crippen molar-refractivity contribution >= 4 is 21.8 Å². The van der Waals surface area contributed by atoms with Gasteiger partial charge in [-0.05, 0) is 23.1 Å². The quantitative estimate of drug-likeness (QED) is 0.801. The summed E-state index contributed by atoms with van der Waals surface area (Å²) in [5.41, 5.74) is 3.56. The first-order valence-corrected chi connectivity index (χ1v) is 7.84. The minimum absolute atomic E-state index is 0.0955.